The maximum Gasteiger partial charge on any atom is 0.0118 e. The molecule has 5 aliphatic carbocycles. The van der Waals surface area contributed by atoms with Gasteiger partial charge in [-0.15, -0.1) is 0 Å². The lowest BCUT2D eigenvalue weighted by Crippen LogP contribution is -2.59. The lowest BCUT2D eigenvalue weighted by Gasteiger charge is -2.63. The molecule has 2 spiro atoms. The molecule has 29 heavy (non-hydrogen) atoms. The van der Waals surface area contributed by atoms with Crippen molar-refractivity contribution in [3.63, 3.8) is 0 Å². The first-order valence-electron chi connectivity index (χ1n) is 12.8. The first-order chi connectivity index (χ1) is 13.5. The van der Waals surface area contributed by atoms with E-state index in [0.29, 0.717) is 39.2 Å². The molecular weight excluding hydrogens is 352 g/mol. The molecule has 166 valence electrons. The highest BCUT2D eigenvalue weighted by Gasteiger charge is 2.82. The number of nitrogens with zero attached hydrogens (tertiary/aromatic N) is 1. The normalized spacial score (nSPS) is 56.2. The van der Waals surface area contributed by atoms with E-state index in [1.165, 1.54) is 51.4 Å². The maximum absolute atomic E-state index is 3.71. The van der Waals surface area contributed by atoms with Gasteiger partial charge in [-0.2, -0.15) is 0 Å². The molecule has 0 heterocycles. The summed E-state index contributed by atoms with van der Waals surface area (Å²) in [6, 6.07) is 1.43. The Morgan fingerprint density at radius 3 is 2.10 bits per heavy atom. The molecule has 0 aliphatic heterocycles. The van der Waals surface area contributed by atoms with Crippen molar-refractivity contribution < 1.29 is 0 Å². The number of hydrogen-bond acceptors (Lipinski definition) is 2. The molecule has 0 saturated heterocycles. The van der Waals surface area contributed by atoms with Gasteiger partial charge in [0.1, 0.15) is 0 Å². The summed E-state index contributed by atoms with van der Waals surface area (Å²) in [6.45, 7) is 13.2. The Morgan fingerprint density at radius 1 is 0.793 bits per heavy atom. The molecule has 5 aliphatic rings. The fraction of sp³-hybridized carbons (Fsp3) is 1.00. The van der Waals surface area contributed by atoms with E-state index in [1.54, 1.807) is 6.42 Å². The number of rotatable bonds is 3. The van der Waals surface area contributed by atoms with Crippen molar-refractivity contribution in [1.82, 2.24) is 10.2 Å². The smallest absolute Gasteiger partial charge is 0.0118 e. The molecule has 2 heteroatoms. The molecule has 7 unspecified atom stereocenters. The summed E-state index contributed by atoms with van der Waals surface area (Å²) in [5.74, 6) is 2.82. The molecule has 5 rings (SSSR count). The monoisotopic (exact) mass is 400 g/mol. The standard InChI is InChI=1S/C27H48N2/c1-18(29(7)8)19-11-13-25(5)21-10-9-20-23(2,3)22(28-6)12-14-26(20)17-27(21,26)16-15-24(19,25)4/h18-22,28H,9-17H2,1-8H3/t18?,19?,20-,21?,22?,24?,25-,26?,27?/m0/s1. The van der Waals surface area contributed by atoms with Crippen LogP contribution in [-0.4, -0.2) is 38.1 Å². The minimum atomic E-state index is 0.459. The zero-order valence-corrected chi connectivity index (χ0v) is 20.7. The van der Waals surface area contributed by atoms with E-state index in [0.717, 1.165) is 17.8 Å². The summed E-state index contributed by atoms with van der Waals surface area (Å²) in [4.78, 5) is 2.50. The zero-order valence-electron chi connectivity index (χ0n) is 20.7. The Balaban J connectivity index is 1.49. The Labute approximate surface area is 181 Å². The van der Waals surface area contributed by atoms with Gasteiger partial charge in [-0.05, 0) is 131 Å². The van der Waals surface area contributed by atoms with Gasteiger partial charge in [0.05, 0.1) is 0 Å². The first kappa shape index (κ1) is 20.8. The van der Waals surface area contributed by atoms with Gasteiger partial charge in [-0.25, -0.2) is 0 Å². The fourth-order valence-electron chi connectivity index (χ4n) is 11.1. The van der Waals surface area contributed by atoms with Crippen LogP contribution in [0.2, 0.25) is 0 Å². The average molecular weight is 401 g/mol. The molecule has 9 atom stereocenters. The Morgan fingerprint density at radius 2 is 1.45 bits per heavy atom. The maximum atomic E-state index is 3.71. The van der Waals surface area contributed by atoms with E-state index < -0.39 is 0 Å². The third kappa shape index (κ3) is 2.22. The number of hydrogen-bond donors (Lipinski definition) is 1. The van der Waals surface area contributed by atoms with E-state index in [-0.39, 0.29) is 0 Å². The molecule has 0 amide bonds. The highest BCUT2D eigenvalue weighted by atomic mass is 15.1. The molecule has 5 fully saturated rings. The van der Waals surface area contributed by atoms with Gasteiger partial charge >= 0.3 is 0 Å². The number of fused-ring (bicyclic) bond motifs is 2. The third-order valence-electron chi connectivity index (χ3n) is 13.0. The van der Waals surface area contributed by atoms with Crippen molar-refractivity contribution in [3.05, 3.63) is 0 Å². The largest absolute Gasteiger partial charge is 0.316 e. The summed E-state index contributed by atoms with van der Waals surface area (Å²) in [7, 11) is 6.81. The minimum Gasteiger partial charge on any atom is -0.316 e. The Hall–Kier alpha value is -0.0800. The van der Waals surface area contributed by atoms with Crippen molar-refractivity contribution in [2.75, 3.05) is 21.1 Å². The molecule has 0 aromatic rings. The topological polar surface area (TPSA) is 15.3 Å². The van der Waals surface area contributed by atoms with Crippen LogP contribution in [0.1, 0.15) is 92.4 Å². The van der Waals surface area contributed by atoms with Gasteiger partial charge < -0.3 is 10.2 Å². The van der Waals surface area contributed by atoms with Gasteiger partial charge in [-0.3, -0.25) is 0 Å². The second-order valence-corrected chi connectivity index (χ2v) is 13.6. The van der Waals surface area contributed by atoms with Crippen molar-refractivity contribution in [2.45, 2.75) is 104 Å². The van der Waals surface area contributed by atoms with Crippen LogP contribution in [0.5, 0.6) is 0 Å². The van der Waals surface area contributed by atoms with Gasteiger partial charge in [0, 0.05) is 12.1 Å². The van der Waals surface area contributed by atoms with Crippen LogP contribution in [0.15, 0.2) is 0 Å². The lowest BCUT2D eigenvalue weighted by molar-refractivity contribution is -0.146. The van der Waals surface area contributed by atoms with Gasteiger partial charge in [0.25, 0.3) is 0 Å². The summed E-state index contributed by atoms with van der Waals surface area (Å²) in [5, 5.41) is 3.71. The van der Waals surface area contributed by atoms with Crippen LogP contribution in [-0.2, 0) is 0 Å². The van der Waals surface area contributed by atoms with Crippen LogP contribution >= 0.6 is 0 Å². The summed E-state index contributed by atoms with van der Waals surface area (Å²) in [5.41, 5.74) is 2.97. The SMILES string of the molecule is CNC1CCC23CC24CCC2(C)C(C(C)N(C)C)CC[C@@]2(C)C4CC[C@H]3C1(C)C. The van der Waals surface area contributed by atoms with Crippen molar-refractivity contribution in [3.8, 4) is 0 Å². The summed E-state index contributed by atoms with van der Waals surface area (Å²) < 4.78 is 0. The molecule has 2 nitrogen and oxygen atoms in total. The summed E-state index contributed by atoms with van der Waals surface area (Å²) in [6.07, 6.45) is 13.5. The van der Waals surface area contributed by atoms with Crippen LogP contribution in [0.4, 0.5) is 0 Å². The highest BCUT2D eigenvalue weighted by Crippen LogP contribution is 2.88. The van der Waals surface area contributed by atoms with E-state index in [1.807, 2.05) is 0 Å². The number of nitrogens with one attached hydrogen (secondary N) is 1. The second-order valence-electron chi connectivity index (χ2n) is 13.6. The third-order valence-corrected chi connectivity index (χ3v) is 13.0. The minimum absolute atomic E-state index is 0.459. The van der Waals surface area contributed by atoms with Crippen molar-refractivity contribution in [2.24, 2.45) is 44.8 Å². The molecule has 0 bridgehead atoms. The Kier molecular flexibility index (Phi) is 4.33. The molecule has 0 aromatic carbocycles. The lowest BCUT2D eigenvalue weighted by atomic mass is 9.42. The highest BCUT2D eigenvalue weighted by molar-refractivity contribution is 5.31. The zero-order chi connectivity index (χ0) is 21.0. The van der Waals surface area contributed by atoms with Crippen molar-refractivity contribution >= 4 is 0 Å². The van der Waals surface area contributed by atoms with E-state index in [2.05, 4.69) is 66.0 Å². The van der Waals surface area contributed by atoms with Crippen LogP contribution in [0.3, 0.4) is 0 Å². The first-order valence-corrected chi connectivity index (χ1v) is 12.8. The molecule has 0 radical (unpaired) electrons. The predicted octanol–water partition coefficient (Wildman–Crippen LogP) is 5.96. The molecule has 5 saturated carbocycles. The van der Waals surface area contributed by atoms with Crippen LogP contribution in [0, 0.1) is 44.8 Å². The van der Waals surface area contributed by atoms with Crippen LogP contribution in [0.25, 0.3) is 0 Å². The molecular formula is C27H48N2. The van der Waals surface area contributed by atoms with E-state index in [9.17, 15) is 0 Å². The second kappa shape index (κ2) is 6.03. The van der Waals surface area contributed by atoms with Gasteiger partial charge in [-0.1, -0.05) is 27.7 Å². The summed E-state index contributed by atoms with van der Waals surface area (Å²) >= 11 is 0. The van der Waals surface area contributed by atoms with Crippen LogP contribution < -0.4 is 5.32 Å². The van der Waals surface area contributed by atoms with E-state index >= 15 is 0 Å². The Bertz CT molecular complexity index is 684. The fourth-order valence-corrected chi connectivity index (χ4v) is 11.1. The van der Waals surface area contributed by atoms with E-state index in [4.69, 9.17) is 0 Å². The molecule has 1 N–H and O–H groups in total. The van der Waals surface area contributed by atoms with Gasteiger partial charge in [0.15, 0.2) is 0 Å². The predicted molar refractivity (Wildman–Crippen MR) is 123 cm³/mol. The molecule has 0 aromatic heterocycles. The van der Waals surface area contributed by atoms with Crippen molar-refractivity contribution in [1.29, 1.82) is 0 Å². The quantitative estimate of drug-likeness (QED) is 0.628. The average Bonchev–Trinajstić information content (AvgIpc) is 3.24. The van der Waals surface area contributed by atoms with Gasteiger partial charge in [0.2, 0.25) is 0 Å².